The molecule has 0 bridgehead atoms. The first-order valence-corrected chi connectivity index (χ1v) is 6.32. The van der Waals surface area contributed by atoms with E-state index < -0.39 is 5.97 Å². The molecular weight excluding hydrogens is 313 g/mol. The number of hydrogen-bond acceptors (Lipinski definition) is 2. The van der Waals surface area contributed by atoms with E-state index in [2.05, 4.69) is 21.2 Å². The van der Waals surface area contributed by atoms with Gasteiger partial charge in [-0.05, 0) is 48.9 Å². The molecule has 0 spiro atoms. The minimum absolute atomic E-state index is 0.208. The van der Waals surface area contributed by atoms with E-state index in [1.165, 1.54) is 12.1 Å². The Bertz CT molecular complexity index is 643. The highest BCUT2D eigenvalue weighted by molar-refractivity contribution is 9.10. The van der Waals surface area contributed by atoms with Gasteiger partial charge in [0.25, 0.3) is 0 Å². The third-order valence-electron chi connectivity index (χ3n) is 2.67. The maximum atomic E-state index is 13.7. The Kier molecular flexibility index (Phi) is 3.85. The number of aromatic carboxylic acids is 1. The second kappa shape index (κ2) is 5.40. The van der Waals surface area contributed by atoms with Gasteiger partial charge in [-0.3, -0.25) is 0 Å². The second-order valence-corrected chi connectivity index (χ2v) is 5.00. The molecule has 0 aliphatic rings. The highest BCUT2D eigenvalue weighted by atomic mass is 79.9. The summed E-state index contributed by atoms with van der Waals surface area (Å²) in [6.45, 7) is 1.77. The molecule has 2 aromatic rings. The first-order chi connectivity index (χ1) is 8.97. The van der Waals surface area contributed by atoms with Crippen LogP contribution in [0.4, 0.5) is 15.8 Å². The highest BCUT2D eigenvalue weighted by Gasteiger charge is 2.08. The molecule has 0 saturated carbocycles. The minimum Gasteiger partial charge on any atom is -0.478 e. The maximum Gasteiger partial charge on any atom is 0.335 e. The van der Waals surface area contributed by atoms with Crippen LogP contribution in [-0.2, 0) is 0 Å². The van der Waals surface area contributed by atoms with Crippen LogP contribution < -0.4 is 5.32 Å². The molecular formula is C14H11BrFNO2. The van der Waals surface area contributed by atoms with Gasteiger partial charge >= 0.3 is 5.97 Å². The van der Waals surface area contributed by atoms with Crippen LogP contribution >= 0.6 is 15.9 Å². The van der Waals surface area contributed by atoms with Crippen molar-refractivity contribution in [3.63, 3.8) is 0 Å². The summed E-state index contributed by atoms with van der Waals surface area (Å²) in [5, 5.41) is 11.8. The fraction of sp³-hybridized carbons (Fsp3) is 0.0714. The van der Waals surface area contributed by atoms with Crippen molar-refractivity contribution in [3.05, 3.63) is 57.8 Å². The van der Waals surface area contributed by atoms with Gasteiger partial charge in [0.15, 0.2) is 0 Å². The van der Waals surface area contributed by atoms with Crippen LogP contribution in [-0.4, -0.2) is 11.1 Å². The van der Waals surface area contributed by atoms with Gasteiger partial charge in [0.2, 0.25) is 0 Å². The molecule has 0 heterocycles. The summed E-state index contributed by atoms with van der Waals surface area (Å²) in [5.74, 6) is -1.36. The van der Waals surface area contributed by atoms with Gasteiger partial charge in [-0.2, -0.15) is 0 Å². The van der Waals surface area contributed by atoms with Gasteiger partial charge in [0.1, 0.15) is 5.82 Å². The second-order valence-electron chi connectivity index (χ2n) is 4.08. The van der Waals surface area contributed by atoms with Crippen molar-refractivity contribution in [2.75, 3.05) is 5.32 Å². The lowest BCUT2D eigenvalue weighted by Gasteiger charge is -2.11. The Morgan fingerprint density at radius 2 is 1.89 bits per heavy atom. The van der Waals surface area contributed by atoms with Gasteiger partial charge in [0, 0.05) is 10.2 Å². The Balaban J connectivity index is 2.31. The Labute approximate surface area is 118 Å². The fourth-order valence-corrected chi connectivity index (χ4v) is 2.01. The highest BCUT2D eigenvalue weighted by Crippen LogP contribution is 2.25. The monoisotopic (exact) mass is 323 g/mol. The molecule has 0 amide bonds. The summed E-state index contributed by atoms with van der Waals surface area (Å²) in [5.41, 5.74) is 1.96. The average molecular weight is 324 g/mol. The summed E-state index contributed by atoms with van der Waals surface area (Å²) < 4.78 is 14.3. The average Bonchev–Trinajstić information content (AvgIpc) is 2.34. The molecule has 0 unspecified atom stereocenters. The first kappa shape index (κ1) is 13.5. The molecule has 0 atom stereocenters. The molecule has 0 fully saturated rings. The van der Waals surface area contributed by atoms with Crippen molar-refractivity contribution in [2.45, 2.75) is 6.92 Å². The number of benzene rings is 2. The molecule has 19 heavy (non-hydrogen) atoms. The number of halogens is 2. The van der Waals surface area contributed by atoms with E-state index >= 15 is 0 Å². The number of carboxylic acids is 1. The third kappa shape index (κ3) is 3.12. The number of rotatable bonds is 3. The molecule has 0 aliphatic carbocycles. The standard InChI is InChI=1S/C14H11BrFNO2/c1-8-6-9(14(18)19)2-4-12(8)17-13-5-3-10(15)7-11(13)16/h2-7,17H,1H3,(H,18,19). The Morgan fingerprint density at radius 1 is 1.21 bits per heavy atom. The minimum atomic E-state index is -0.982. The molecule has 3 nitrogen and oxygen atoms in total. The predicted octanol–water partition coefficient (Wildman–Crippen LogP) is 4.34. The van der Waals surface area contributed by atoms with Crippen molar-refractivity contribution in [3.8, 4) is 0 Å². The van der Waals surface area contributed by atoms with Crippen LogP contribution in [0.5, 0.6) is 0 Å². The summed E-state index contributed by atoms with van der Waals surface area (Å²) in [6, 6.07) is 9.36. The smallest absolute Gasteiger partial charge is 0.335 e. The lowest BCUT2D eigenvalue weighted by Crippen LogP contribution is -2.00. The van der Waals surface area contributed by atoms with Crippen molar-refractivity contribution in [2.24, 2.45) is 0 Å². The third-order valence-corrected chi connectivity index (χ3v) is 3.17. The molecule has 98 valence electrons. The van der Waals surface area contributed by atoms with E-state index in [9.17, 15) is 9.18 Å². The van der Waals surface area contributed by atoms with E-state index in [4.69, 9.17) is 5.11 Å². The SMILES string of the molecule is Cc1cc(C(=O)O)ccc1Nc1ccc(Br)cc1F. The summed E-state index contributed by atoms with van der Waals surface area (Å²) in [6.07, 6.45) is 0. The van der Waals surface area contributed by atoms with Gasteiger partial charge in [0.05, 0.1) is 11.3 Å². The van der Waals surface area contributed by atoms with Crippen molar-refractivity contribution in [1.29, 1.82) is 0 Å². The summed E-state index contributed by atoms with van der Waals surface area (Å²) in [4.78, 5) is 10.8. The van der Waals surface area contributed by atoms with Crippen LogP contribution in [0, 0.1) is 12.7 Å². The van der Waals surface area contributed by atoms with Crippen molar-refractivity contribution >= 4 is 33.3 Å². The van der Waals surface area contributed by atoms with Crippen molar-refractivity contribution in [1.82, 2.24) is 0 Å². The molecule has 2 N–H and O–H groups in total. The number of hydrogen-bond donors (Lipinski definition) is 2. The number of nitrogens with one attached hydrogen (secondary N) is 1. The summed E-state index contributed by atoms with van der Waals surface area (Å²) >= 11 is 3.19. The Morgan fingerprint density at radius 3 is 2.47 bits per heavy atom. The van der Waals surface area contributed by atoms with E-state index in [-0.39, 0.29) is 11.4 Å². The van der Waals surface area contributed by atoms with Gasteiger partial charge < -0.3 is 10.4 Å². The maximum absolute atomic E-state index is 13.7. The fourth-order valence-electron chi connectivity index (χ4n) is 1.67. The quantitative estimate of drug-likeness (QED) is 0.883. The zero-order chi connectivity index (χ0) is 14.0. The van der Waals surface area contributed by atoms with Crippen molar-refractivity contribution < 1.29 is 14.3 Å². The molecule has 2 aromatic carbocycles. The zero-order valence-corrected chi connectivity index (χ0v) is 11.7. The van der Waals surface area contributed by atoms with Crippen LogP contribution in [0.2, 0.25) is 0 Å². The van der Waals surface area contributed by atoms with Gasteiger partial charge in [-0.15, -0.1) is 0 Å². The van der Waals surface area contributed by atoms with E-state index in [1.807, 2.05) is 0 Å². The lowest BCUT2D eigenvalue weighted by molar-refractivity contribution is 0.0697. The molecule has 0 aliphatic heterocycles. The predicted molar refractivity (Wildman–Crippen MR) is 75.5 cm³/mol. The number of carbonyl (C=O) groups is 1. The van der Waals surface area contributed by atoms with Crippen LogP contribution in [0.1, 0.15) is 15.9 Å². The molecule has 5 heteroatoms. The zero-order valence-electron chi connectivity index (χ0n) is 10.1. The molecule has 2 rings (SSSR count). The number of aryl methyl sites for hydroxylation is 1. The van der Waals surface area contributed by atoms with E-state index in [0.29, 0.717) is 15.8 Å². The lowest BCUT2D eigenvalue weighted by atomic mass is 10.1. The normalized spacial score (nSPS) is 10.3. The number of carboxylic acid groups (broad SMARTS) is 1. The topological polar surface area (TPSA) is 49.3 Å². The van der Waals surface area contributed by atoms with E-state index in [1.54, 1.807) is 31.2 Å². The summed E-state index contributed by atoms with van der Waals surface area (Å²) in [7, 11) is 0. The van der Waals surface area contributed by atoms with Gasteiger partial charge in [-0.1, -0.05) is 15.9 Å². The number of anilines is 2. The van der Waals surface area contributed by atoms with Crippen LogP contribution in [0.15, 0.2) is 40.9 Å². The molecule has 0 radical (unpaired) electrons. The largest absolute Gasteiger partial charge is 0.478 e. The molecule has 0 aromatic heterocycles. The molecule has 0 saturated heterocycles. The van der Waals surface area contributed by atoms with Gasteiger partial charge in [-0.25, -0.2) is 9.18 Å². The van der Waals surface area contributed by atoms with Crippen LogP contribution in [0.25, 0.3) is 0 Å². The van der Waals surface area contributed by atoms with E-state index in [0.717, 1.165) is 5.56 Å². The first-order valence-electron chi connectivity index (χ1n) is 5.53. The Hall–Kier alpha value is -1.88. The van der Waals surface area contributed by atoms with Crippen LogP contribution in [0.3, 0.4) is 0 Å².